The van der Waals surface area contributed by atoms with Gasteiger partial charge in [-0.25, -0.2) is 13.6 Å². The quantitative estimate of drug-likeness (QED) is 0.0543. The Labute approximate surface area is 360 Å². The second-order valence-corrected chi connectivity index (χ2v) is 18.4. The van der Waals surface area contributed by atoms with Gasteiger partial charge in [-0.2, -0.15) is 5.48 Å². The van der Waals surface area contributed by atoms with E-state index in [2.05, 4.69) is 73.1 Å². The highest BCUT2D eigenvalue weighted by molar-refractivity contribution is 7.99. The maximum absolute atomic E-state index is 13.7. The van der Waals surface area contributed by atoms with E-state index in [1.807, 2.05) is 66.4 Å². The van der Waals surface area contributed by atoms with E-state index in [1.165, 1.54) is 22.1 Å². The predicted octanol–water partition coefficient (Wildman–Crippen LogP) is 6.70. The smallest absolute Gasteiger partial charge is 0.263 e. The van der Waals surface area contributed by atoms with Gasteiger partial charge in [0.25, 0.3) is 10.0 Å². The summed E-state index contributed by atoms with van der Waals surface area (Å²) in [6.07, 6.45) is 1.68. The molecule has 0 radical (unpaired) electrons. The van der Waals surface area contributed by atoms with Crippen LogP contribution in [0.1, 0.15) is 17.5 Å². The van der Waals surface area contributed by atoms with Crippen molar-refractivity contribution in [2.75, 3.05) is 74.4 Å². The molecule has 60 heavy (non-hydrogen) atoms. The third-order valence-electron chi connectivity index (χ3n) is 11.3. The van der Waals surface area contributed by atoms with Crippen LogP contribution in [0, 0.1) is 5.92 Å². The van der Waals surface area contributed by atoms with Gasteiger partial charge in [0.15, 0.2) is 17.1 Å². The lowest BCUT2D eigenvalue weighted by molar-refractivity contribution is -0.826. The van der Waals surface area contributed by atoms with Crippen LogP contribution in [0.2, 0.25) is 5.02 Å². The fourth-order valence-electron chi connectivity index (χ4n) is 7.88. The lowest BCUT2D eigenvalue weighted by Gasteiger charge is -2.36. The molecule has 0 bridgehead atoms. The van der Waals surface area contributed by atoms with Crippen molar-refractivity contribution in [3.8, 4) is 11.1 Å². The van der Waals surface area contributed by atoms with E-state index in [0.29, 0.717) is 29.0 Å². The number of hydrogen-bond acceptors (Lipinski definition) is 10. The van der Waals surface area contributed by atoms with E-state index in [0.717, 1.165) is 105 Å². The van der Waals surface area contributed by atoms with Gasteiger partial charge in [-0.1, -0.05) is 77.4 Å². The molecule has 0 spiro atoms. The van der Waals surface area contributed by atoms with Crippen LogP contribution in [0.3, 0.4) is 0 Å². The maximum Gasteiger partial charge on any atom is 0.263 e. The summed E-state index contributed by atoms with van der Waals surface area (Å²) in [6.45, 7) is 8.63. The van der Waals surface area contributed by atoms with Crippen LogP contribution in [0.4, 0.5) is 17.2 Å². The minimum Gasteiger partial charge on any atom is -0.412 e. The number of quaternary nitrogens is 1. The molecule has 8 rings (SSSR count). The average Bonchev–Trinajstić information content (AvgIpc) is 3.67. The first kappa shape index (κ1) is 43.6. The molecule has 2 saturated heterocycles. The summed E-state index contributed by atoms with van der Waals surface area (Å²) < 4.78 is 41.3. The first-order chi connectivity index (χ1) is 28.8. The summed E-state index contributed by atoms with van der Waals surface area (Å²) >= 11 is 7.97. The molecule has 2 fully saturated rings. The average molecular weight is 873 g/mol. The molecule has 0 saturated carbocycles. The fraction of sp³-hybridized carbons (Fsp3) is 0.311. The summed E-state index contributed by atoms with van der Waals surface area (Å²) in [7, 11) is -4.06. The Morgan fingerprint density at radius 1 is 0.833 bits per heavy atom. The van der Waals surface area contributed by atoms with E-state index >= 15 is 0 Å². The van der Waals surface area contributed by atoms with Crippen molar-refractivity contribution >= 4 is 61.5 Å². The van der Waals surface area contributed by atoms with Gasteiger partial charge in [-0.05, 0) is 84.5 Å². The molecule has 316 valence electrons. The lowest BCUT2D eigenvalue weighted by atomic mass is 9.96. The Hall–Kier alpha value is -4.48. The maximum atomic E-state index is 13.7. The van der Waals surface area contributed by atoms with Crippen LogP contribution in [-0.4, -0.2) is 98.8 Å². The number of halogens is 1. The Balaban J connectivity index is 0.00000544. The van der Waals surface area contributed by atoms with E-state index in [9.17, 15) is 13.6 Å². The van der Waals surface area contributed by atoms with Gasteiger partial charge in [-0.3, -0.25) is 14.5 Å². The van der Waals surface area contributed by atoms with E-state index in [4.69, 9.17) is 20.9 Å². The zero-order chi connectivity index (χ0) is 40.6. The molecule has 5 aromatic carbocycles. The largest absolute Gasteiger partial charge is 0.412 e. The Morgan fingerprint density at radius 2 is 1.58 bits per heavy atom. The molecule has 2 aliphatic heterocycles. The topological polar surface area (TPSA) is 159 Å². The Morgan fingerprint density at radius 3 is 2.35 bits per heavy atom. The van der Waals surface area contributed by atoms with Gasteiger partial charge in [0, 0.05) is 84.9 Å². The monoisotopic (exact) mass is 871 g/mol. The van der Waals surface area contributed by atoms with Crippen LogP contribution in [0.15, 0.2) is 130 Å². The summed E-state index contributed by atoms with van der Waals surface area (Å²) in [5.41, 5.74) is 7.52. The van der Waals surface area contributed by atoms with Gasteiger partial charge >= 0.3 is 0 Å². The summed E-state index contributed by atoms with van der Waals surface area (Å²) in [5.74, 6) is 1.33. The highest BCUT2D eigenvalue weighted by Crippen LogP contribution is 2.32. The number of ether oxygens (including phenoxy) is 1. The second-order valence-electron chi connectivity index (χ2n) is 15.2. The second kappa shape index (κ2) is 20.4. The summed E-state index contributed by atoms with van der Waals surface area (Å²) in [4.78, 5) is 8.46. The van der Waals surface area contributed by atoms with Crippen molar-refractivity contribution in [1.82, 2.24) is 15.0 Å². The zero-order valence-corrected chi connectivity index (χ0v) is 35.8. The van der Waals surface area contributed by atoms with Crippen molar-refractivity contribution < 1.29 is 33.8 Å². The lowest BCUT2D eigenvalue weighted by Crippen LogP contribution is -2.74. The number of sulfonamides is 1. The molecule has 3 heterocycles. The van der Waals surface area contributed by atoms with Gasteiger partial charge in [0.2, 0.25) is 0 Å². The standard InChI is InChI=1S/C45H49ClN6O5S2.H2O/c46-37-13-10-34(11-14-37)41-9-5-4-6-36(41)31-51-20-22-52(23-21-51)38-15-17-42-44(29-38)57-48-45(42)49-59(54,55)40-16-12-35(43(30-40)47-53)28-33(18-19-50-24-26-56-27-25-50)32-58-39-7-2-1-3-8-39;/h1-17,29-30,33,47,53H,18-28,31-32H2,(H,48,49);1H2/p+1/t33-;/m0./s1. The molecule has 15 heteroatoms. The van der Waals surface area contributed by atoms with Crippen LogP contribution in [0.5, 0.6) is 0 Å². The van der Waals surface area contributed by atoms with Crippen molar-refractivity contribution in [1.29, 1.82) is 0 Å². The third-order valence-corrected chi connectivity index (χ3v) is 14.1. The van der Waals surface area contributed by atoms with Gasteiger partial charge in [0.1, 0.15) is 0 Å². The number of thioether (sulfide) groups is 1. The fourth-order valence-corrected chi connectivity index (χ4v) is 10.1. The number of anilines is 2. The molecule has 12 nitrogen and oxygen atoms in total. The minimum absolute atomic E-state index is 0. The van der Waals surface area contributed by atoms with Crippen LogP contribution in [0.25, 0.3) is 22.1 Å². The van der Waals surface area contributed by atoms with E-state index in [1.54, 1.807) is 6.07 Å². The predicted molar refractivity (Wildman–Crippen MR) is 239 cm³/mol. The molecule has 2 aliphatic rings. The molecule has 6 aromatic rings. The number of nitrogens with two attached hydrogens (primary N) is 1. The third kappa shape index (κ3) is 10.9. The minimum atomic E-state index is -4.06. The molecule has 0 aliphatic carbocycles. The van der Waals surface area contributed by atoms with Gasteiger partial charge in [0.05, 0.1) is 23.5 Å². The molecule has 1 aromatic heterocycles. The number of benzene rings is 5. The van der Waals surface area contributed by atoms with Crippen molar-refractivity contribution in [2.45, 2.75) is 29.2 Å². The SMILES string of the molecule is O.O=S(=O)(Nc1noc2cc(N3CCN(Cc4ccccc4-c4ccc(Cl)cc4)CC3)ccc12)c1ccc(C[C@H](CCN2CCOCC2)CSc2ccccc2)c([NH2+]O)c1. The highest BCUT2D eigenvalue weighted by atomic mass is 35.5. The summed E-state index contributed by atoms with van der Waals surface area (Å²) in [6, 6.07) is 37.6. The molecule has 0 amide bonds. The first-order valence-corrected chi connectivity index (χ1v) is 23.0. The van der Waals surface area contributed by atoms with Gasteiger partial charge < -0.3 is 19.6 Å². The number of nitrogens with one attached hydrogen (secondary N) is 1. The van der Waals surface area contributed by atoms with E-state index in [-0.39, 0.29) is 16.2 Å². The molecule has 6 N–H and O–H groups in total. The van der Waals surface area contributed by atoms with Gasteiger partial charge in [-0.15, -0.1) is 11.8 Å². The van der Waals surface area contributed by atoms with Crippen molar-refractivity contribution in [2.24, 2.45) is 5.92 Å². The van der Waals surface area contributed by atoms with Crippen molar-refractivity contribution in [3.05, 3.63) is 131 Å². The summed E-state index contributed by atoms with van der Waals surface area (Å²) in [5, 5.41) is 15.8. The number of fused-ring (bicyclic) bond motifs is 1. The van der Waals surface area contributed by atoms with Crippen LogP contribution < -0.4 is 15.1 Å². The highest BCUT2D eigenvalue weighted by Gasteiger charge is 2.25. The van der Waals surface area contributed by atoms with E-state index < -0.39 is 10.0 Å². The van der Waals surface area contributed by atoms with Crippen LogP contribution in [-0.2, 0) is 27.7 Å². The number of rotatable bonds is 16. The first-order valence-electron chi connectivity index (χ1n) is 20.1. The molecular weight excluding hydrogens is 820 g/mol. The number of morpholine rings is 1. The number of piperazine rings is 1. The molecule has 1 atom stereocenters. The van der Waals surface area contributed by atoms with Crippen molar-refractivity contribution in [3.63, 3.8) is 0 Å². The zero-order valence-electron chi connectivity index (χ0n) is 33.4. The Bertz CT molecular complexity index is 2430. The normalized spacial score (nSPS) is 15.8. The Kier molecular flexibility index (Phi) is 14.8. The van der Waals surface area contributed by atoms with Crippen LogP contribution >= 0.6 is 23.4 Å². The number of hydrogen-bond donors (Lipinski definition) is 3. The molecular formula is C45H52ClN6O6S2+. The molecule has 0 unspecified atom stereocenters. The number of aromatic nitrogens is 1. The number of nitrogens with zero attached hydrogens (tertiary/aromatic N) is 4.